The SMILES string of the molecule is COCCn1c(=NC(=O)Cc2ccc(OC)c(OC)c2)sc2c(OC)ccc(OC)c21. The topological polar surface area (TPSA) is 80.5 Å². The third-order valence-electron chi connectivity index (χ3n) is 4.74. The van der Waals surface area contributed by atoms with Gasteiger partial charge in [-0.05, 0) is 29.8 Å². The standard InChI is InChI=1S/C22H26N2O6S/c1-26-11-10-24-20-16(28-3)8-9-17(29-4)21(20)31-22(24)23-19(25)13-14-6-7-15(27-2)18(12-14)30-5/h6-9,12H,10-11,13H2,1-5H3. The Bertz CT molecular complexity index is 1130. The van der Waals surface area contributed by atoms with Crippen molar-refractivity contribution in [2.45, 2.75) is 13.0 Å². The highest BCUT2D eigenvalue weighted by atomic mass is 32.1. The highest BCUT2D eigenvalue weighted by Crippen LogP contribution is 2.35. The monoisotopic (exact) mass is 446 g/mol. The molecule has 0 atom stereocenters. The van der Waals surface area contributed by atoms with Crippen LogP contribution in [-0.2, 0) is 22.5 Å². The second-order valence-corrected chi connectivity index (χ2v) is 7.53. The maximum Gasteiger partial charge on any atom is 0.252 e. The molecule has 0 aliphatic rings. The van der Waals surface area contributed by atoms with Crippen LogP contribution in [0.25, 0.3) is 10.2 Å². The molecule has 1 aromatic heterocycles. The molecule has 9 heteroatoms. The third kappa shape index (κ3) is 4.83. The highest BCUT2D eigenvalue weighted by molar-refractivity contribution is 7.16. The van der Waals surface area contributed by atoms with Crippen molar-refractivity contribution < 1.29 is 28.5 Å². The highest BCUT2D eigenvalue weighted by Gasteiger charge is 2.17. The molecule has 0 aliphatic heterocycles. The molecular weight excluding hydrogens is 420 g/mol. The largest absolute Gasteiger partial charge is 0.495 e. The van der Waals surface area contributed by atoms with Gasteiger partial charge in [0.25, 0.3) is 5.91 Å². The van der Waals surface area contributed by atoms with E-state index in [1.807, 2.05) is 22.8 Å². The number of nitrogens with zero attached hydrogens (tertiary/aromatic N) is 2. The minimum absolute atomic E-state index is 0.132. The second-order valence-electron chi connectivity index (χ2n) is 6.55. The van der Waals surface area contributed by atoms with Crippen molar-refractivity contribution in [1.82, 2.24) is 4.57 Å². The molecule has 31 heavy (non-hydrogen) atoms. The quantitative estimate of drug-likeness (QED) is 0.503. The van der Waals surface area contributed by atoms with Crippen molar-refractivity contribution >= 4 is 27.5 Å². The average Bonchev–Trinajstić information content (AvgIpc) is 3.14. The first kappa shape index (κ1) is 22.6. The van der Waals surface area contributed by atoms with Crippen molar-refractivity contribution in [3.8, 4) is 23.0 Å². The van der Waals surface area contributed by atoms with Gasteiger partial charge in [-0.25, -0.2) is 0 Å². The molecule has 0 unspecified atom stereocenters. The molecule has 1 amide bonds. The molecule has 0 fully saturated rings. The molecule has 3 aromatic rings. The zero-order valence-corrected chi connectivity index (χ0v) is 19.1. The number of amides is 1. The summed E-state index contributed by atoms with van der Waals surface area (Å²) < 4.78 is 29.7. The lowest BCUT2D eigenvalue weighted by molar-refractivity contribution is -0.117. The Morgan fingerprint density at radius 2 is 1.55 bits per heavy atom. The van der Waals surface area contributed by atoms with Crippen LogP contribution in [-0.4, -0.2) is 52.6 Å². The summed E-state index contributed by atoms with van der Waals surface area (Å²) >= 11 is 1.38. The van der Waals surface area contributed by atoms with Crippen LogP contribution in [0.5, 0.6) is 23.0 Å². The van der Waals surface area contributed by atoms with E-state index in [9.17, 15) is 4.79 Å². The number of ether oxygens (including phenoxy) is 5. The van der Waals surface area contributed by atoms with E-state index in [2.05, 4.69) is 4.99 Å². The Labute approximate surface area is 184 Å². The smallest absolute Gasteiger partial charge is 0.252 e. The van der Waals surface area contributed by atoms with Crippen molar-refractivity contribution in [3.05, 3.63) is 40.7 Å². The number of benzene rings is 2. The minimum Gasteiger partial charge on any atom is -0.495 e. The van der Waals surface area contributed by atoms with E-state index in [4.69, 9.17) is 23.7 Å². The molecule has 0 spiro atoms. The summed E-state index contributed by atoms with van der Waals surface area (Å²) in [6.07, 6.45) is 0.132. The molecular formula is C22H26N2O6S. The summed E-state index contributed by atoms with van der Waals surface area (Å²) in [6.45, 7) is 0.978. The first-order valence-electron chi connectivity index (χ1n) is 9.58. The van der Waals surface area contributed by atoms with Crippen LogP contribution in [0.1, 0.15) is 5.56 Å². The van der Waals surface area contributed by atoms with Crippen LogP contribution in [0.2, 0.25) is 0 Å². The Balaban J connectivity index is 2.05. The summed E-state index contributed by atoms with van der Waals surface area (Å²) in [6, 6.07) is 9.06. The van der Waals surface area contributed by atoms with Gasteiger partial charge in [0, 0.05) is 13.7 Å². The molecule has 0 aliphatic carbocycles. The molecule has 0 saturated heterocycles. The van der Waals surface area contributed by atoms with Crippen LogP contribution in [0.15, 0.2) is 35.3 Å². The van der Waals surface area contributed by atoms with Crippen LogP contribution >= 0.6 is 11.3 Å². The summed E-state index contributed by atoms with van der Waals surface area (Å²) in [5.41, 5.74) is 1.60. The second kappa shape index (κ2) is 10.3. The number of carbonyl (C=O) groups excluding carboxylic acids is 1. The molecule has 0 N–H and O–H groups in total. The van der Waals surface area contributed by atoms with Crippen LogP contribution < -0.4 is 23.7 Å². The zero-order chi connectivity index (χ0) is 22.4. The lowest BCUT2D eigenvalue weighted by Crippen LogP contribution is -2.20. The number of carbonyl (C=O) groups is 1. The van der Waals surface area contributed by atoms with Gasteiger partial charge in [0.15, 0.2) is 16.3 Å². The van der Waals surface area contributed by atoms with Crippen molar-refractivity contribution in [2.24, 2.45) is 4.99 Å². The summed E-state index contributed by atoms with van der Waals surface area (Å²) in [5, 5.41) is 0. The zero-order valence-electron chi connectivity index (χ0n) is 18.3. The fourth-order valence-corrected chi connectivity index (χ4v) is 4.42. The van der Waals surface area contributed by atoms with Gasteiger partial charge in [0.1, 0.15) is 21.7 Å². The van der Waals surface area contributed by atoms with Crippen LogP contribution in [0.3, 0.4) is 0 Å². The van der Waals surface area contributed by atoms with E-state index in [1.165, 1.54) is 11.3 Å². The molecule has 2 aromatic carbocycles. The van der Waals surface area contributed by atoms with E-state index in [1.54, 1.807) is 47.7 Å². The predicted molar refractivity (Wildman–Crippen MR) is 119 cm³/mol. The number of methoxy groups -OCH3 is 5. The Morgan fingerprint density at radius 1 is 0.903 bits per heavy atom. The van der Waals surface area contributed by atoms with Crippen LogP contribution in [0.4, 0.5) is 0 Å². The van der Waals surface area contributed by atoms with Crippen molar-refractivity contribution in [2.75, 3.05) is 42.2 Å². The predicted octanol–water partition coefficient (Wildman–Crippen LogP) is 3.05. The van der Waals surface area contributed by atoms with E-state index in [0.717, 1.165) is 15.8 Å². The van der Waals surface area contributed by atoms with Gasteiger partial charge in [0.05, 0.1) is 41.5 Å². The summed E-state index contributed by atoms with van der Waals surface area (Å²) in [5.74, 6) is 2.27. The van der Waals surface area contributed by atoms with Gasteiger partial charge < -0.3 is 28.3 Å². The van der Waals surface area contributed by atoms with Crippen molar-refractivity contribution in [3.63, 3.8) is 0 Å². The Morgan fingerprint density at radius 3 is 2.19 bits per heavy atom. The molecule has 3 rings (SSSR count). The number of aromatic nitrogens is 1. The van der Waals surface area contributed by atoms with Crippen LogP contribution in [0, 0.1) is 0 Å². The van der Waals surface area contributed by atoms with Gasteiger partial charge in [-0.1, -0.05) is 17.4 Å². The van der Waals surface area contributed by atoms with Gasteiger partial charge in [-0.3, -0.25) is 4.79 Å². The van der Waals surface area contributed by atoms with E-state index < -0.39 is 0 Å². The number of rotatable bonds is 9. The van der Waals surface area contributed by atoms with Crippen molar-refractivity contribution in [1.29, 1.82) is 0 Å². The number of thiazole rings is 1. The fourth-order valence-electron chi connectivity index (χ4n) is 3.24. The molecule has 0 radical (unpaired) electrons. The summed E-state index contributed by atoms with van der Waals surface area (Å²) in [4.78, 5) is 17.8. The normalized spacial score (nSPS) is 11.6. The van der Waals surface area contributed by atoms with Gasteiger partial charge >= 0.3 is 0 Å². The number of hydrogen-bond donors (Lipinski definition) is 0. The third-order valence-corrected chi connectivity index (χ3v) is 5.83. The Hall–Kier alpha value is -3.04. The molecule has 8 nitrogen and oxygen atoms in total. The minimum atomic E-state index is -0.275. The van der Waals surface area contributed by atoms with Gasteiger partial charge in [0.2, 0.25) is 0 Å². The average molecular weight is 447 g/mol. The Kier molecular flexibility index (Phi) is 7.54. The maximum absolute atomic E-state index is 12.8. The summed E-state index contributed by atoms with van der Waals surface area (Å²) in [7, 11) is 7.98. The van der Waals surface area contributed by atoms with E-state index >= 15 is 0 Å². The first-order valence-corrected chi connectivity index (χ1v) is 10.4. The molecule has 0 saturated carbocycles. The van der Waals surface area contributed by atoms with Gasteiger partial charge in [-0.2, -0.15) is 4.99 Å². The number of hydrogen-bond acceptors (Lipinski definition) is 7. The molecule has 166 valence electrons. The van der Waals surface area contributed by atoms with E-state index in [-0.39, 0.29) is 12.3 Å². The lowest BCUT2D eigenvalue weighted by Gasteiger charge is -2.10. The lowest BCUT2D eigenvalue weighted by atomic mass is 10.1. The first-order chi connectivity index (χ1) is 15.1. The fraction of sp³-hybridized carbons (Fsp3) is 0.364. The molecule has 1 heterocycles. The van der Waals surface area contributed by atoms with E-state index in [0.29, 0.717) is 41.0 Å². The molecule has 0 bridgehead atoms. The van der Waals surface area contributed by atoms with Gasteiger partial charge in [-0.15, -0.1) is 0 Å². The number of fused-ring (bicyclic) bond motifs is 1. The maximum atomic E-state index is 12.8.